The van der Waals surface area contributed by atoms with Crippen molar-refractivity contribution in [2.75, 3.05) is 5.32 Å². The maximum Gasteiger partial charge on any atom is 0.354 e. The minimum atomic E-state index is -1.09. The third kappa shape index (κ3) is 3.29. The minimum Gasteiger partial charge on any atom is -0.477 e. The molecule has 1 saturated carbocycles. The Labute approximate surface area is 147 Å². The number of pyridine rings is 1. The Morgan fingerprint density at radius 1 is 1.24 bits per heavy atom. The summed E-state index contributed by atoms with van der Waals surface area (Å²) in [5.74, 6) is -0.715. The maximum atomic E-state index is 10.9. The number of hydrogen-bond acceptors (Lipinski definition) is 6. The molecule has 0 bridgehead atoms. The van der Waals surface area contributed by atoms with Crippen LogP contribution in [0.1, 0.15) is 29.4 Å². The molecule has 0 saturated heterocycles. The number of carboxylic acids is 1. The van der Waals surface area contributed by atoms with Crippen LogP contribution in [0.4, 0.5) is 11.6 Å². The van der Waals surface area contributed by atoms with E-state index in [0.29, 0.717) is 28.3 Å². The third-order valence-corrected chi connectivity index (χ3v) is 4.06. The van der Waals surface area contributed by atoms with E-state index in [1.807, 2.05) is 10.9 Å². The van der Waals surface area contributed by atoms with Gasteiger partial charge in [0.2, 0.25) is 5.95 Å². The highest BCUT2D eigenvalue weighted by molar-refractivity contribution is 6.32. The SMILES string of the molecule is O=C(O)c1ccc(-c2nc(Nc3cnn(C4CC4)c3)ncc2Cl)cn1. The highest BCUT2D eigenvalue weighted by Gasteiger charge is 2.24. The van der Waals surface area contributed by atoms with Gasteiger partial charge in [-0.2, -0.15) is 5.10 Å². The molecule has 0 atom stereocenters. The fraction of sp³-hybridized carbons (Fsp3) is 0.188. The van der Waals surface area contributed by atoms with Gasteiger partial charge >= 0.3 is 5.97 Å². The van der Waals surface area contributed by atoms with Crippen molar-refractivity contribution in [1.29, 1.82) is 0 Å². The normalized spacial score (nSPS) is 13.6. The van der Waals surface area contributed by atoms with Crippen LogP contribution < -0.4 is 5.32 Å². The number of nitrogens with one attached hydrogen (secondary N) is 1. The van der Waals surface area contributed by atoms with E-state index < -0.39 is 5.97 Å². The molecule has 0 amide bonds. The van der Waals surface area contributed by atoms with Crippen molar-refractivity contribution in [3.63, 3.8) is 0 Å². The number of aromatic carboxylic acids is 1. The fourth-order valence-electron chi connectivity index (χ4n) is 2.36. The largest absolute Gasteiger partial charge is 0.477 e. The molecule has 1 fully saturated rings. The number of rotatable bonds is 5. The predicted molar refractivity (Wildman–Crippen MR) is 91.0 cm³/mol. The van der Waals surface area contributed by atoms with Gasteiger partial charge in [0.25, 0.3) is 0 Å². The quantitative estimate of drug-likeness (QED) is 0.723. The molecule has 25 heavy (non-hydrogen) atoms. The lowest BCUT2D eigenvalue weighted by Crippen LogP contribution is -2.01. The van der Waals surface area contributed by atoms with Crippen molar-refractivity contribution in [2.24, 2.45) is 0 Å². The molecular weight excluding hydrogens is 344 g/mol. The van der Waals surface area contributed by atoms with Crippen LogP contribution in [0, 0.1) is 0 Å². The number of nitrogens with zero attached hydrogens (tertiary/aromatic N) is 5. The molecule has 0 aliphatic heterocycles. The lowest BCUT2D eigenvalue weighted by molar-refractivity contribution is 0.0690. The molecule has 0 spiro atoms. The van der Waals surface area contributed by atoms with Crippen molar-refractivity contribution in [2.45, 2.75) is 18.9 Å². The van der Waals surface area contributed by atoms with Gasteiger partial charge in [-0.3, -0.25) is 4.68 Å². The number of hydrogen-bond donors (Lipinski definition) is 2. The van der Waals surface area contributed by atoms with Gasteiger partial charge in [0.05, 0.1) is 34.8 Å². The lowest BCUT2D eigenvalue weighted by atomic mass is 10.2. The second kappa shape index (κ2) is 6.14. The van der Waals surface area contributed by atoms with E-state index in [9.17, 15) is 4.79 Å². The second-order valence-corrected chi connectivity index (χ2v) is 6.10. The topological polar surface area (TPSA) is 106 Å². The number of carbonyl (C=O) groups is 1. The van der Waals surface area contributed by atoms with E-state index in [1.54, 1.807) is 12.3 Å². The van der Waals surface area contributed by atoms with Gasteiger partial charge in [-0.15, -0.1) is 0 Å². The van der Waals surface area contributed by atoms with Gasteiger partial charge < -0.3 is 10.4 Å². The molecule has 4 rings (SSSR count). The third-order valence-electron chi connectivity index (χ3n) is 3.78. The Morgan fingerprint density at radius 3 is 2.76 bits per heavy atom. The van der Waals surface area contributed by atoms with Crippen LogP contribution in [0.5, 0.6) is 0 Å². The Morgan fingerprint density at radius 2 is 2.08 bits per heavy atom. The molecule has 9 heteroatoms. The summed E-state index contributed by atoms with van der Waals surface area (Å²) in [6.07, 6.45) is 8.86. The molecule has 2 N–H and O–H groups in total. The van der Waals surface area contributed by atoms with E-state index in [1.165, 1.54) is 18.5 Å². The van der Waals surface area contributed by atoms with Crippen LogP contribution in [-0.2, 0) is 0 Å². The van der Waals surface area contributed by atoms with Crippen molar-refractivity contribution in [3.05, 3.63) is 47.6 Å². The first-order valence-corrected chi connectivity index (χ1v) is 8.01. The van der Waals surface area contributed by atoms with Crippen LogP contribution in [-0.4, -0.2) is 35.8 Å². The second-order valence-electron chi connectivity index (χ2n) is 5.69. The summed E-state index contributed by atoms with van der Waals surface area (Å²) in [7, 11) is 0. The monoisotopic (exact) mass is 356 g/mol. The summed E-state index contributed by atoms with van der Waals surface area (Å²) in [6.45, 7) is 0. The van der Waals surface area contributed by atoms with Gasteiger partial charge in [-0.05, 0) is 25.0 Å². The van der Waals surface area contributed by atoms with Crippen molar-refractivity contribution >= 4 is 29.2 Å². The number of halogens is 1. The zero-order valence-electron chi connectivity index (χ0n) is 12.9. The molecule has 3 aromatic heterocycles. The van der Waals surface area contributed by atoms with Gasteiger partial charge in [-0.1, -0.05) is 11.6 Å². The number of carboxylic acid groups (broad SMARTS) is 1. The maximum absolute atomic E-state index is 10.9. The fourth-order valence-corrected chi connectivity index (χ4v) is 2.56. The average Bonchev–Trinajstić information content (AvgIpc) is 3.36. The van der Waals surface area contributed by atoms with Gasteiger partial charge in [0, 0.05) is 18.0 Å². The summed E-state index contributed by atoms with van der Waals surface area (Å²) in [5.41, 5.74) is 1.83. The van der Waals surface area contributed by atoms with Crippen LogP contribution in [0.2, 0.25) is 5.02 Å². The molecule has 3 heterocycles. The van der Waals surface area contributed by atoms with E-state index in [4.69, 9.17) is 16.7 Å². The highest BCUT2D eigenvalue weighted by Crippen LogP contribution is 2.35. The minimum absolute atomic E-state index is 0.0419. The smallest absolute Gasteiger partial charge is 0.354 e. The Bertz CT molecular complexity index is 936. The summed E-state index contributed by atoms with van der Waals surface area (Å²) in [5, 5.41) is 16.7. The first-order chi connectivity index (χ1) is 12.1. The first kappa shape index (κ1) is 15.5. The first-order valence-electron chi connectivity index (χ1n) is 7.63. The van der Waals surface area contributed by atoms with Crippen molar-refractivity contribution < 1.29 is 9.90 Å². The predicted octanol–water partition coefficient (Wildman–Crippen LogP) is 3.17. The summed E-state index contributed by atoms with van der Waals surface area (Å²) in [4.78, 5) is 23.4. The van der Waals surface area contributed by atoms with Gasteiger partial charge in [-0.25, -0.2) is 19.7 Å². The molecule has 1 aliphatic rings. The van der Waals surface area contributed by atoms with E-state index >= 15 is 0 Å². The van der Waals surface area contributed by atoms with Crippen LogP contribution in [0.15, 0.2) is 36.9 Å². The average molecular weight is 357 g/mol. The molecule has 0 aromatic carbocycles. The Hall–Kier alpha value is -3.00. The molecule has 0 radical (unpaired) electrons. The molecule has 1 aliphatic carbocycles. The van der Waals surface area contributed by atoms with E-state index in [0.717, 1.165) is 18.5 Å². The van der Waals surface area contributed by atoms with E-state index in [-0.39, 0.29) is 5.69 Å². The molecular formula is C16H13ClN6O2. The molecule has 3 aromatic rings. The summed E-state index contributed by atoms with van der Waals surface area (Å²) in [6, 6.07) is 3.51. The Balaban J connectivity index is 1.59. The number of anilines is 2. The van der Waals surface area contributed by atoms with E-state index in [2.05, 4.69) is 25.4 Å². The standard InChI is InChI=1S/C16H13ClN6O2/c17-12-7-19-16(21-10-6-20-23(8-10)11-2-3-11)22-14(12)9-1-4-13(15(24)25)18-5-9/h1,4-8,11H,2-3H2,(H,24,25)(H,19,21,22). The van der Waals surface area contributed by atoms with Crippen LogP contribution >= 0.6 is 11.6 Å². The molecule has 126 valence electrons. The van der Waals surface area contributed by atoms with Gasteiger partial charge in [0.1, 0.15) is 5.69 Å². The van der Waals surface area contributed by atoms with Crippen LogP contribution in [0.25, 0.3) is 11.3 Å². The Kier molecular flexibility index (Phi) is 3.81. The number of aromatic nitrogens is 5. The summed E-state index contributed by atoms with van der Waals surface area (Å²) >= 11 is 6.18. The zero-order chi connectivity index (χ0) is 17.4. The van der Waals surface area contributed by atoms with Gasteiger partial charge in [0.15, 0.2) is 0 Å². The molecule has 8 nitrogen and oxygen atoms in total. The van der Waals surface area contributed by atoms with Crippen LogP contribution in [0.3, 0.4) is 0 Å². The zero-order valence-corrected chi connectivity index (χ0v) is 13.7. The van der Waals surface area contributed by atoms with Crippen molar-refractivity contribution in [1.82, 2.24) is 24.7 Å². The lowest BCUT2D eigenvalue weighted by Gasteiger charge is -2.07. The molecule has 0 unspecified atom stereocenters. The van der Waals surface area contributed by atoms with Crippen molar-refractivity contribution in [3.8, 4) is 11.3 Å². The highest BCUT2D eigenvalue weighted by atomic mass is 35.5. The summed E-state index contributed by atoms with van der Waals surface area (Å²) < 4.78 is 1.92.